The Hall–Kier alpha value is -3.22. The molecule has 0 radical (unpaired) electrons. The van der Waals surface area contributed by atoms with Gasteiger partial charge in [0.2, 0.25) is 5.91 Å². The van der Waals surface area contributed by atoms with Crippen LogP contribution >= 0.6 is 0 Å². The molecule has 1 heterocycles. The topological polar surface area (TPSA) is 86.9 Å². The van der Waals surface area contributed by atoms with Crippen LogP contribution in [0.15, 0.2) is 48.7 Å². The Labute approximate surface area is 137 Å². The van der Waals surface area contributed by atoms with Gasteiger partial charge in [0.1, 0.15) is 5.82 Å². The lowest BCUT2D eigenvalue weighted by Gasteiger charge is -2.07. The molecule has 2 amide bonds. The van der Waals surface area contributed by atoms with E-state index in [1.807, 2.05) is 0 Å². The number of nitrogens with one attached hydrogen (secondary N) is 3. The van der Waals surface area contributed by atoms with Crippen LogP contribution in [0.2, 0.25) is 0 Å². The average molecular weight is 326 g/mol. The van der Waals surface area contributed by atoms with E-state index >= 15 is 0 Å². The van der Waals surface area contributed by atoms with Gasteiger partial charge in [-0.2, -0.15) is 5.10 Å². The molecule has 0 aliphatic carbocycles. The maximum Gasteiger partial charge on any atom is 0.269 e. The first-order valence-corrected chi connectivity index (χ1v) is 7.38. The molecule has 0 aliphatic heterocycles. The Bertz CT molecular complexity index is 891. The summed E-state index contributed by atoms with van der Waals surface area (Å²) in [7, 11) is 0. The van der Waals surface area contributed by atoms with E-state index in [-0.39, 0.29) is 18.1 Å². The van der Waals surface area contributed by atoms with Crippen LogP contribution in [-0.2, 0) is 11.2 Å². The monoisotopic (exact) mass is 326 g/mol. The number of carbonyl (C=O) groups is 2. The molecule has 0 bridgehead atoms. The molecule has 0 fully saturated rings. The maximum absolute atomic E-state index is 13.1. The number of aromatic amines is 1. The Kier molecular flexibility index (Phi) is 4.51. The molecule has 24 heavy (non-hydrogen) atoms. The first-order valence-electron chi connectivity index (χ1n) is 7.38. The second-order valence-corrected chi connectivity index (χ2v) is 5.30. The van der Waals surface area contributed by atoms with Gasteiger partial charge in [-0.1, -0.05) is 12.1 Å². The molecular formula is C17H15FN4O2. The lowest BCUT2D eigenvalue weighted by molar-refractivity contribution is -0.121. The number of hydrogen-bond acceptors (Lipinski definition) is 3. The predicted octanol–water partition coefficient (Wildman–Crippen LogP) is 2.10. The van der Waals surface area contributed by atoms with Crippen LogP contribution in [0.5, 0.6) is 0 Å². The summed E-state index contributed by atoms with van der Waals surface area (Å²) < 4.78 is 13.1. The zero-order valence-electron chi connectivity index (χ0n) is 12.7. The molecule has 0 unspecified atom stereocenters. The molecule has 6 nitrogen and oxygen atoms in total. The van der Waals surface area contributed by atoms with Crippen LogP contribution in [0.4, 0.5) is 4.39 Å². The molecule has 0 aliphatic rings. The highest BCUT2D eigenvalue weighted by atomic mass is 19.1. The number of hydrogen-bond donors (Lipinski definition) is 3. The smallest absolute Gasteiger partial charge is 0.269 e. The normalized spacial score (nSPS) is 10.5. The summed E-state index contributed by atoms with van der Waals surface area (Å²) in [6.07, 6.45) is 2.15. The van der Waals surface area contributed by atoms with Crippen molar-refractivity contribution in [2.24, 2.45) is 0 Å². The van der Waals surface area contributed by atoms with Crippen molar-refractivity contribution in [3.63, 3.8) is 0 Å². The van der Waals surface area contributed by atoms with Crippen molar-refractivity contribution in [1.29, 1.82) is 0 Å². The van der Waals surface area contributed by atoms with E-state index in [4.69, 9.17) is 0 Å². The number of benzene rings is 2. The number of rotatable bonds is 4. The molecule has 7 heteroatoms. The number of aromatic nitrogens is 2. The number of hydrazine groups is 1. The third kappa shape index (κ3) is 3.75. The maximum atomic E-state index is 13.1. The van der Waals surface area contributed by atoms with Gasteiger partial charge in [0.25, 0.3) is 5.91 Å². The van der Waals surface area contributed by atoms with E-state index < -0.39 is 5.91 Å². The van der Waals surface area contributed by atoms with Gasteiger partial charge in [-0.3, -0.25) is 25.5 Å². The molecular weight excluding hydrogens is 311 g/mol. The van der Waals surface area contributed by atoms with E-state index in [9.17, 15) is 14.0 Å². The van der Waals surface area contributed by atoms with Gasteiger partial charge < -0.3 is 0 Å². The minimum absolute atomic E-state index is 0.143. The predicted molar refractivity (Wildman–Crippen MR) is 86.4 cm³/mol. The molecule has 2 aromatic carbocycles. The SMILES string of the molecule is O=C(CCc1cccc(F)c1)NNC(=O)c1ccc2[nH]ncc2c1. The van der Waals surface area contributed by atoms with Crippen LogP contribution in [-0.4, -0.2) is 22.0 Å². The van der Waals surface area contributed by atoms with Crippen molar-refractivity contribution < 1.29 is 14.0 Å². The van der Waals surface area contributed by atoms with E-state index in [1.165, 1.54) is 12.1 Å². The summed E-state index contributed by atoms with van der Waals surface area (Å²) in [6.45, 7) is 0. The largest absolute Gasteiger partial charge is 0.278 e. The molecule has 0 saturated heterocycles. The quantitative estimate of drug-likeness (QED) is 0.642. The van der Waals surface area contributed by atoms with Gasteiger partial charge in [-0.15, -0.1) is 0 Å². The van der Waals surface area contributed by atoms with Crippen molar-refractivity contribution in [2.75, 3.05) is 0 Å². The Morgan fingerprint density at radius 3 is 2.83 bits per heavy atom. The summed E-state index contributed by atoms with van der Waals surface area (Å²) >= 11 is 0. The zero-order chi connectivity index (χ0) is 16.9. The van der Waals surface area contributed by atoms with Gasteiger partial charge in [0.05, 0.1) is 11.7 Å². The van der Waals surface area contributed by atoms with Crippen LogP contribution in [0, 0.1) is 5.82 Å². The van der Waals surface area contributed by atoms with E-state index in [1.54, 1.807) is 36.5 Å². The van der Waals surface area contributed by atoms with Crippen molar-refractivity contribution in [3.05, 3.63) is 65.6 Å². The number of H-pyrrole nitrogens is 1. The number of fused-ring (bicyclic) bond motifs is 1. The molecule has 3 aromatic rings. The Morgan fingerprint density at radius 1 is 1.12 bits per heavy atom. The van der Waals surface area contributed by atoms with Gasteiger partial charge in [0.15, 0.2) is 0 Å². The van der Waals surface area contributed by atoms with Crippen LogP contribution in [0.1, 0.15) is 22.3 Å². The van der Waals surface area contributed by atoms with Crippen molar-refractivity contribution >= 4 is 22.7 Å². The fourth-order valence-electron chi connectivity index (χ4n) is 2.30. The fraction of sp³-hybridized carbons (Fsp3) is 0.118. The van der Waals surface area contributed by atoms with Crippen molar-refractivity contribution in [1.82, 2.24) is 21.0 Å². The molecule has 1 aromatic heterocycles. The number of carbonyl (C=O) groups excluding carboxylic acids is 2. The molecule has 0 atom stereocenters. The van der Waals surface area contributed by atoms with Gasteiger partial charge in [-0.05, 0) is 42.3 Å². The first-order chi connectivity index (χ1) is 11.6. The molecule has 0 saturated carbocycles. The standard InChI is InChI=1S/C17H15FN4O2/c18-14-3-1-2-11(8-14)4-7-16(23)21-22-17(24)12-5-6-15-13(9-12)10-19-20-15/h1-3,5-6,8-10H,4,7H2,(H,19,20)(H,21,23)(H,22,24). The summed E-state index contributed by atoms with van der Waals surface area (Å²) in [4.78, 5) is 23.8. The van der Waals surface area contributed by atoms with Crippen molar-refractivity contribution in [2.45, 2.75) is 12.8 Å². The average Bonchev–Trinajstić information content (AvgIpc) is 3.05. The second kappa shape index (κ2) is 6.91. The highest BCUT2D eigenvalue weighted by Crippen LogP contribution is 2.12. The minimum Gasteiger partial charge on any atom is -0.278 e. The zero-order valence-corrected chi connectivity index (χ0v) is 12.7. The van der Waals surface area contributed by atoms with Crippen LogP contribution < -0.4 is 10.9 Å². The highest BCUT2D eigenvalue weighted by molar-refractivity contribution is 5.98. The molecule has 122 valence electrons. The third-order valence-corrected chi connectivity index (χ3v) is 3.55. The number of aryl methyl sites for hydroxylation is 1. The lowest BCUT2D eigenvalue weighted by Crippen LogP contribution is -2.41. The molecule has 3 rings (SSSR count). The number of halogens is 1. The van der Waals surface area contributed by atoms with E-state index in [2.05, 4.69) is 21.0 Å². The Balaban J connectivity index is 1.51. The van der Waals surface area contributed by atoms with Gasteiger partial charge in [-0.25, -0.2) is 4.39 Å². The van der Waals surface area contributed by atoms with E-state index in [0.29, 0.717) is 12.0 Å². The molecule has 3 N–H and O–H groups in total. The number of nitrogens with zero attached hydrogens (tertiary/aromatic N) is 1. The minimum atomic E-state index is -0.419. The lowest BCUT2D eigenvalue weighted by atomic mass is 10.1. The summed E-state index contributed by atoms with van der Waals surface area (Å²) in [5.74, 6) is -1.11. The first kappa shape index (κ1) is 15.7. The second-order valence-electron chi connectivity index (χ2n) is 5.30. The number of amides is 2. The highest BCUT2D eigenvalue weighted by Gasteiger charge is 2.09. The van der Waals surface area contributed by atoms with Gasteiger partial charge in [0, 0.05) is 17.4 Å². The Morgan fingerprint density at radius 2 is 2.00 bits per heavy atom. The van der Waals surface area contributed by atoms with Crippen LogP contribution in [0.25, 0.3) is 10.9 Å². The third-order valence-electron chi connectivity index (χ3n) is 3.55. The molecule has 0 spiro atoms. The van der Waals surface area contributed by atoms with Gasteiger partial charge >= 0.3 is 0 Å². The van der Waals surface area contributed by atoms with Crippen molar-refractivity contribution in [3.8, 4) is 0 Å². The van der Waals surface area contributed by atoms with E-state index in [0.717, 1.165) is 16.5 Å². The van der Waals surface area contributed by atoms with Crippen LogP contribution in [0.3, 0.4) is 0 Å². The summed E-state index contributed by atoms with van der Waals surface area (Å²) in [5.41, 5.74) is 6.67. The fourth-order valence-corrected chi connectivity index (χ4v) is 2.30. The summed E-state index contributed by atoms with van der Waals surface area (Å²) in [5, 5.41) is 7.48. The summed E-state index contributed by atoms with van der Waals surface area (Å²) in [6, 6.07) is 11.1.